The molecular formula is C13H22N4O3S. The minimum atomic E-state index is -3.60. The van der Waals surface area contributed by atoms with Gasteiger partial charge < -0.3 is 15.6 Å². The molecule has 2 rings (SSSR count). The van der Waals surface area contributed by atoms with Crippen LogP contribution in [0.5, 0.6) is 0 Å². The number of carbonyl (C=O) groups is 1. The van der Waals surface area contributed by atoms with Crippen LogP contribution in [0.2, 0.25) is 0 Å². The van der Waals surface area contributed by atoms with Gasteiger partial charge in [-0.3, -0.25) is 4.79 Å². The van der Waals surface area contributed by atoms with E-state index in [1.165, 1.54) is 28.2 Å². The lowest BCUT2D eigenvalue weighted by Crippen LogP contribution is -2.34. The van der Waals surface area contributed by atoms with Crippen LogP contribution in [0.3, 0.4) is 0 Å². The van der Waals surface area contributed by atoms with Gasteiger partial charge in [-0.05, 0) is 31.9 Å². The molecule has 1 aromatic heterocycles. The third kappa shape index (κ3) is 2.83. The summed E-state index contributed by atoms with van der Waals surface area (Å²) in [6.45, 7) is 2.80. The van der Waals surface area contributed by atoms with E-state index in [2.05, 4.69) is 5.32 Å². The standard InChI is InChI=1S/C13H22N4O3S/c1-9-4-10(6-14)7-17(9)21(19,20)11-5-12(13(18)15-2)16(3)8-11/h5,8-10H,4,6-7,14H2,1-3H3,(H,15,18). The first kappa shape index (κ1) is 16.0. The molecule has 7 nitrogen and oxygen atoms in total. The Kier molecular flexibility index (Phi) is 4.40. The second-order valence-electron chi connectivity index (χ2n) is 5.51. The molecule has 2 heterocycles. The van der Waals surface area contributed by atoms with Crippen molar-refractivity contribution in [3.05, 3.63) is 18.0 Å². The molecule has 0 spiro atoms. The zero-order valence-corrected chi connectivity index (χ0v) is 13.4. The fraction of sp³-hybridized carbons (Fsp3) is 0.615. The second kappa shape index (κ2) is 5.78. The zero-order valence-electron chi connectivity index (χ0n) is 12.5. The van der Waals surface area contributed by atoms with Gasteiger partial charge in [0.05, 0.1) is 0 Å². The maximum Gasteiger partial charge on any atom is 0.267 e. The summed E-state index contributed by atoms with van der Waals surface area (Å²) in [5, 5.41) is 2.50. The number of carbonyl (C=O) groups excluding carboxylic acids is 1. The molecule has 1 fully saturated rings. The van der Waals surface area contributed by atoms with Crippen molar-refractivity contribution in [3.63, 3.8) is 0 Å². The van der Waals surface area contributed by atoms with Crippen LogP contribution in [0.1, 0.15) is 23.8 Å². The number of nitrogens with two attached hydrogens (primary N) is 1. The summed E-state index contributed by atoms with van der Waals surface area (Å²) in [6.07, 6.45) is 2.24. The highest BCUT2D eigenvalue weighted by Gasteiger charge is 2.38. The van der Waals surface area contributed by atoms with Crippen LogP contribution in [0, 0.1) is 5.92 Å². The highest BCUT2D eigenvalue weighted by Crippen LogP contribution is 2.29. The maximum atomic E-state index is 12.7. The SMILES string of the molecule is CNC(=O)c1cc(S(=O)(=O)N2CC(CN)CC2C)cn1C. The van der Waals surface area contributed by atoms with E-state index in [0.717, 1.165) is 6.42 Å². The molecule has 2 unspecified atom stereocenters. The van der Waals surface area contributed by atoms with Crippen LogP contribution in [-0.2, 0) is 17.1 Å². The predicted octanol–water partition coefficient (Wildman–Crippen LogP) is -0.257. The average Bonchev–Trinajstić information content (AvgIpc) is 3.01. The van der Waals surface area contributed by atoms with Gasteiger partial charge in [-0.25, -0.2) is 8.42 Å². The van der Waals surface area contributed by atoms with Gasteiger partial charge in [0.15, 0.2) is 0 Å². The normalized spacial score (nSPS) is 23.4. The fourth-order valence-corrected chi connectivity index (χ4v) is 4.57. The summed E-state index contributed by atoms with van der Waals surface area (Å²) in [6, 6.07) is 1.34. The molecule has 1 aromatic rings. The Hall–Kier alpha value is -1.38. The molecule has 0 aromatic carbocycles. The molecule has 1 amide bonds. The number of hydrogen-bond donors (Lipinski definition) is 2. The first-order valence-electron chi connectivity index (χ1n) is 6.91. The van der Waals surface area contributed by atoms with Crippen LogP contribution in [0.25, 0.3) is 0 Å². The summed E-state index contributed by atoms with van der Waals surface area (Å²) in [4.78, 5) is 11.8. The van der Waals surface area contributed by atoms with E-state index in [9.17, 15) is 13.2 Å². The van der Waals surface area contributed by atoms with Crippen molar-refractivity contribution in [2.75, 3.05) is 20.1 Å². The van der Waals surface area contributed by atoms with Crippen LogP contribution in [-0.4, -0.2) is 49.4 Å². The Morgan fingerprint density at radius 3 is 2.71 bits per heavy atom. The number of nitrogens with zero attached hydrogens (tertiary/aromatic N) is 2. The average molecular weight is 314 g/mol. The first-order valence-corrected chi connectivity index (χ1v) is 8.35. The highest BCUT2D eigenvalue weighted by molar-refractivity contribution is 7.89. The number of hydrogen-bond acceptors (Lipinski definition) is 4. The van der Waals surface area contributed by atoms with Crippen molar-refractivity contribution in [1.82, 2.24) is 14.2 Å². The van der Waals surface area contributed by atoms with E-state index in [0.29, 0.717) is 18.8 Å². The summed E-state index contributed by atoms with van der Waals surface area (Å²) in [5.41, 5.74) is 5.97. The molecule has 8 heteroatoms. The van der Waals surface area contributed by atoms with Gasteiger partial charge in [0.1, 0.15) is 10.6 Å². The van der Waals surface area contributed by atoms with E-state index < -0.39 is 10.0 Å². The molecule has 1 aliphatic heterocycles. The molecule has 2 atom stereocenters. The lowest BCUT2D eigenvalue weighted by molar-refractivity contribution is 0.0955. The van der Waals surface area contributed by atoms with E-state index in [4.69, 9.17) is 5.73 Å². The first-order chi connectivity index (χ1) is 9.81. The van der Waals surface area contributed by atoms with Crippen molar-refractivity contribution in [2.24, 2.45) is 18.7 Å². The van der Waals surface area contributed by atoms with Gasteiger partial charge in [0.2, 0.25) is 10.0 Å². The lowest BCUT2D eigenvalue weighted by Gasteiger charge is -2.20. The summed E-state index contributed by atoms with van der Waals surface area (Å²) in [5.74, 6) is -0.120. The number of aromatic nitrogens is 1. The monoisotopic (exact) mass is 314 g/mol. The quantitative estimate of drug-likeness (QED) is 0.800. The molecule has 0 bridgehead atoms. The van der Waals surface area contributed by atoms with E-state index in [1.54, 1.807) is 7.05 Å². The van der Waals surface area contributed by atoms with Crippen LogP contribution < -0.4 is 11.1 Å². The van der Waals surface area contributed by atoms with Crippen molar-refractivity contribution < 1.29 is 13.2 Å². The lowest BCUT2D eigenvalue weighted by atomic mass is 10.1. The molecule has 1 aliphatic rings. The van der Waals surface area contributed by atoms with E-state index >= 15 is 0 Å². The topological polar surface area (TPSA) is 97.4 Å². The molecule has 0 aliphatic carbocycles. The smallest absolute Gasteiger partial charge is 0.267 e. The van der Waals surface area contributed by atoms with Gasteiger partial charge in [0, 0.05) is 32.9 Å². The Bertz CT molecular complexity index is 638. The number of rotatable bonds is 4. The van der Waals surface area contributed by atoms with E-state index in [-0.39, 0.29) is 22.8 Å². The molecule has 3 N–H and O–H groups in total. The number of amides is 1. The molecule has 0 saturated carbocycles. The van der Waals surface area contributed by atoms with Gasteiger partial charge in [-0.15, -0.1) is 0 Å². The maximum absolute atomic E-state index is 12.7. The van der Waals surface area contributed by atoms with E-state index in [1.807, 2.05) is 6.92 Å². The Morgan fingerprint density at radius 1 is 1.52 bits per heavy atom. The summed E-state index contributed by atoms with van der Waals surface area (Å²) >= 11 is 0. The number of sulfonamides is 1. The van der Waals surface area contributed by atoms with Crippen molar-refractivity contribution in [3.8, 4) is 0 Å². The molecular weight excluding hydrogens is 292 g/mol. The van der Waals surface area contributed by atoms with Crippen molar-refractivity contribution in [1.29, 1.82) is 0 Å². The minimum absolute atomic E-state index is 0.0767. The van der Waals surface area contributed by atoms with Gasteiger partial charge in [-0.1, -0.05) is 0 Å². The molecule has 0 radical (unpaired) electrons. The summed E-state index contributed by atoms with van der Waals surface area (Å²) in [7, 11) is -0.433. The molecule has 21 heavy (non-hydrogen) atoms. The van der Waals surface area contributed by atoms with Crippen molar-refractivity contribution >= 4 is 15.9 Å². The summed E-state index contributed by atoms with van der Waals surface area (Å²) < 4.78 is 28.4. The second-order valence-corrected chi connectivity index (χ2v) is 7.40. The minimum Gasteiger partial charge on any atom is -0.354 e. The largest absolute Gasteiger partial charge is 0.354 e. The van der Waals surface area contributed by atoms with Crippen LogP contribution in [0.15, 0.2) is 17.2 Å². The number of aryl methyl sites for hydroxylation is 1. The van der Waals surface area contributed by atoms with Crippen molar-refractivity contribution in [2.45, 2.75) is 24.3 Å². The van der Waals surface area contributed by atoms with Gasteiger partial charge >= 0.3 is 0 Å². The Balaban J connectivity index is 2.35. The number of nitrogens with one attached hydrogen (secondary N) is 1. The van der Waals surface area contributed by atoms with Crippen LogP contribution in [0.4, 0.5) is 0 Å². The predicted molar refractivity (Wildman–Crippen MR) is 79.3 cm³/mol. The zero-order chi connectivity index (χ0) is 15.8. The Morgan fingerprint density at radius 2 is 2.19 bits per heavy atom. The van der Waals surface area contributed by atoms with Gasteiger partial charge in [0.25, 0.3) is 5.91 Å². The third-order valence-corrected chi connectivity index (χ3v) is 5.93. The molecule has 118 valence electrons. The van der Waals surface area contributed by atoms with Crippen LogP contribution >= 0.6 is 0 Å². The van der Waals surface area contributed by atoms with Gasteiger partial charge in [-0.2, -0.15) is 4.31 Å². The Labute approximate surface area is 125 Å². The fourth-order valence-electron chi connectivity index (χ4n) is 2.78. The molecule has 1 saturated heterocycles. The third-order valence-electron chi connectivity index (χ3n) is 3.98. The highest BCUT2D eigenvalue weighted by atomic mass is 32.2.